The van der Waals surface area contributed by atoms with Crippen molar-refractivity contribution in [1.29, 1.82) is 5.26 Å². The van der Waals surface area contributed by atoms with Crippen molar-refractivity contribution in [1.82, 2.24) is 10.2 Å². The third-order valence-electron chi connectivity index (χ3n) is 7.65. The minimum Gasteiger partial charge on any atom is -0.493 e. The van der Waals surface area contributed by atoms with E-state index in [4.69, 9.17) is 16.3 Å². The van der Waals surface area contributed by atoms with Crippen molar-refractivity contribution in [2.24, 2.45) is 11.8 Å². The fraction of sp³-hybridized carbons (Fsp3) is 0.481. The molecule has 5 nitrogen and oxygen atoms in total. The first-order chi connectivity index (χ1) is 16.1. The fourth-order valence-electron chi connectivity index (χ4n) is 5.73. The van der Waals surface area contributed by atoms with Gasteiger partial charge in [-0.3, -0.25) is 4.79 Å². The molecular formula is C27H30ClN3O2. The molecule has 5 rings (SSSR count). The normalized spacial score (nSPS) is 26.5. The average molecular weight is 464 g/mol. The van der Waals surface area contributed by atoms with Gasteiger partial charge in [-0.25, -0.2) is 0 Å². The molecule has 2 aliphatic heterocycles. The maximum atomic E-state index is 12.5. The largest absolute Gasteiger partial charge is 0.493 e. The van der Waals surface area contributed by atoms with Crippen molar-refractivity contribution in [2.75, 3.05) is 26.2 Å². The van der Waals surface area contributed by atoms with E-state index in [9.17, 15) is 10.1 Å². The van der Waals surface area contributed by atoms with Crippen LogP contribution in [0.3, 0.4) is 0 Å². The number of ether oxygens (including phenoxy) is 1. The molecule has 1 aliphatic carbocycles. The van der Waals surface area contributed by atoms with Gasteiger partial charge in [0.2, 0.25) is 0 Å². The number of halogens is 1. The lowest BCUT2D eigenvalue weighted by Gasteiger charge is -2.30. The van der Waals surface area contributed by atoms with E-state index < -0.39 is 0 Å². The maximum absolute atomic E-state index is 12.5. The van der Waals surface area contributed by atoms with E-state index in [0.29, 0.717) is 22.4 Å². The third-order valence-corrected chi connectivity index (χ3v) is 7.90. The molecule has 33 heavy (non-hydrogen) atoms. The SMILES string of the molecule is N#Cc1ccc2c(c1)[C@@H]1CN(CC[C@H]3CC[C@H](NC(=O)c4ccc(Cl)cc4)CC3)C[C@H]1CO2. The quantitative estimate of drug-likeness (QED) is 0.677. The summed E-state index contributed by atoms with van der Waals surface area (Å²) in [4.78, 5) is 15.1. The van der Waals surface area contributed by atoms with Crippen LogP contribution in [0.15, 0.2) is 42.5 Å². The topological polar surface area (TPSA) is 65.4 Å². The molecule has 6 heteroatoms. The van der Waals surface area contributed by atoms with Crippen LogP contribution in [-0.4, -0.2) is 43.1 Å². The number of likely N-dealkylation sites (tertiary alicyclic amines) is 1. The number of nitriles is 1. The van der Waals surface area contributed by atoms with Crippen molar-refractivity contribution in [3.05, 3.63) is 64.2 Å². The standard InChI is InChI=1S/C27H30ClN3O2/c28-22-6-4-20(5-7-22)27(32)30-23-8-1-18(2-9-23)11-12-31-15-21-17-33-26-10-3-19(14-29)13-24(26)25(21)16-31/h3-7,10,13,18,21,23,25H,1-2,8-9,11-12,15-17H2,(H,30,32)/t18-,21-,23-,25+/m0/s1. The Bertz CT molecular complexity index is 1040. The van der Waals surface area contributed by atoms with Crippen molar-refractivity contribution >= 4 is 17.5 Å². The van der Waals surface area contributed by atoms with Crippen LogP contribution in [0, 0.1) is 23.2 Å². The number of carbonyl (C=O) groups is 1. The zero-order valence-corrected chi connectivity index (χ0v) is 19.6. The first kappa shape index (κ1) is 22.3. The van der Waals surface area contributed by atoms with Crippen LogP contribution >= 0.6 is 11.6 Å². The van der Waals surface area contributed by atoms with Gasteiger partial charge in [0, 0.05) is 47.1 Å². The predicted octanol–water partition coefficient (Wildman–Crippen LogP) is 5.00. The Balaban J connectivity index is 1.08. The van der Waals surface area contributed by atoms with Gasteiger partial charge in [0.25, 0.3) is 5.91 Å². The second kappa shape index (κ2) is 9.75. The van der Waals surface area contributed by atoms with Crippen LogP contribution in [0.2, 0.25) is 5.02 Å². The van der Waals surface area contributed by atoms with E-state index in [0.717, 1.165) is 56.3 Å². The van der Waals surface area contributed by atoms with Crippen LogP contribution in [0.5, 0.6) is 5.75 Å². The Morgan fingerprint density at radius 1 is 1.12 bits per heavy atom. The number of nitrogens with zero attached hydrogens (tertiary/aromatic N) is 2. The second-order valence-corrected chi connectivity index (χ2v) is 10.2. The lowest BCUT2D eigenvalue weighted by Crippen LogP contribution is -2.38. The molecule has 1 amide bonds. The summed E-state index contributed by atoms with van der Waals surface area (Å²) in [6.45, 7) is 4.03. The Morgan fingerprint density at radius 2 is 1.91 bits per heavy atom. The number of fused-ring (bicyclic) bond motifs is 3. The summed E-state index contributed by atoms with van der Waals surface area (Å²) < 4.78 is 5.98. The molecule has 2 fully saturated rings. The molecule has 1 saturated heterocycles. The summed E-state index contributed by atoms with van der Waals surface area (Å²) in [5.41, 5.74) is 2.60. The zero-order chi connectivity index (χ0) is 22.8. The molecule has 1 N–H and O–H groups in total. The van der Waals surface area contributed by atoms with Gasteiger partial charge < -0.3 is 15.0 Å². The molecule has 0 aromatic heterocycles. The molecule has 0 bridgehead atoms. The van der Waals surface area contributed by atoms with Crippen LogP contribution in [-0.2, 0) is 0 Å². The summed E-state index contributed by atoms with van der Waals surface area (Å²) in [6, 6.07) is 15.4. The molecule has 0 unspecified atom stereocenters. The smallest absolute Gasteiger partial charge is 0.251 e. The zero-order valence-electron chi connectivity index (χ0n) is 18.8. The highest BCUT2D eigenvalue weighted by Gasteiger charge is 2.39. The average Bonchev–Trinajstić information content (AvgIpc) is 3.27. The summed E-state index contributed by atoms with van der Waals surface area (Å²) in [7, 11) is 0. The molecule has 2 atom stereocenters. The highest BCUT2D eigenvalue weighted by Crippen LogP contribution is 2.42. The van der Waals surface area contributed by atoms with E-state index >= 15 is 0 Å². The second-order valence-electron chi connectivity index (χ2n) is 9.79. The number of hydrogen-bond acceptors (Lipinski definition) is 4. The fourth-order valence-corrected chi connectivity index (χ4v) is 5.86. The van der Waals surface area contributed by atoms with Crippen molar-refractivity contribution in [3.8, 4) is 11.8 Å². The Labute approximate surface area is 200 Å². The molecule has 3 aliphatic rings. The molecule has 2 aromatic rings. The Morgan fingerprint density at radius 3 is 2.67 bits per heavy atom. The van der Waals surface area contributed by atoms with E-state index in [1.54, 1.807) is 24.3 Å². The highest BCUT2D eigenvalue weighted by atomic mass is 35.5. The number of benzene rings is 2. The van der Waals surface area contributed by atoms with Gasteiger partial charge in [0.15, 0.2) is 0 Å². The Hall–Kier alpha value is -2.55. The molecule has 2 aromatic carbocycles. The van der Waals surface area contributed by atoms with Gasteiger partial charge in [-0.15, -0.1) is 0 Å². The molecule has 2 heterocycles. The number of hydrogen-bond donors (Lipinski definition) is 1. The van der Waals surface area contributed by atoms with Crippen LogP contribution in [0.1, 0.15) is 59.5 Å². The van der Waals surface area contributed by atoms with E-state index in [2.05, 4.69) is 16.3 Å². The molecular weight excluding hydrogens is 434 g/mol. The lowest BCUT2D eigenvalue weighted by molar-refractivity contribution is 0.0920. The van der Waals surface area contributed by atoms with Crippen LogP contribution in [0.25, 0.3) is 0 Å². The highest BCUT2D eigenvalue weighted by molar-refractivity contribution is 6.30. The van der Waals surface area contributed by atoms with E-state index in [-0.39, 0.29) is 11.9 Å². The third kappa shape index (κ3) is 5.03. The first-order valence-electron chi connectivity index (χ1n) is 12.0. The van der Waals surface area contributed by atoms with Gasteiger partial charge in [-0.2, -0.15) is 5.26 Å². The number of rotatable bonds is 5. The number of carbonyl (C=O) groups excluding carboxylic acids is 1. The summed E-state index contributed by atoms with van der Waals surface area (Å²) in [5.74, 6) is 2.67. The molecule has 0 spiro atoms. The van der Waals surface area contributed by atoms with Gasteiger partial charge in [0.05, 0.1) is 18.2 Å². The van der Waals surface area contributed by atoms with Gasteiger partial charge in [-0.05, 0) is 87.0 Å². The summed E-state index contributed by atoms with van der Waals surface area (Å²) in [6.07, 6.45) is 5.65. The van der Waals surface area contributed by atoms with Gasteiger partial charge >= 0.3 is 0 Å². The molecule has 172 valence electrons. The number of nitrogens with one attached hydrogen (secondary N) is 1. The monoisotopic (exact) mass is 463 g/mol. The first-order valence-corrected chi connectivity index (χ1v) is 12.4. The maximum Gasteiger partial charge on any atom is 0.251 e. The lowest BCUT2D eigenvalue weighted by atomic mass is 9.84. The van der Waals surface area contributed by atoms with Crippen molar-refractivity contribution < 1.29 is 9.53 Å². The van der Waals surface area contributed by atoms with Crippen LogP contribution in [0.4, 0.5) is 0 Å². The van der Waals surface area contributed by atoms with Crippen molar-refractivity contribution in [2.45, 2.75) is 44.1 Å². The minimum atomic E-state index is -0.00292. The number of amides is 1. The molecule has 1 saturated carbocycles. The van der Waals surface area contributed by atoms with E-state index in [1.807, 2.05) is 18.2 Å². The summed E-state index contributed by atoms with van der Waals surface area (Å²) in [5, 5.41) is 13.1. The Kier molecular flexibility index (Phi) is 6.57. The van der Waals surface area contributed by atoms with Gasteiger partial charge in [-0.1, -0.05) is 11.6 Å². The van der Waals surface area contributed by atoms with E-state index in [1.165, 1.54) is 24.8 Å². The summed E-state index contributed by atoms with van der Waals surface area (Å²) >= 11 is 5.92. The van der Waals surface area contributed by atoms with Gasteiger partial charge in [0.1, 0.15) is 5.75 Å². The minimum absolute atomic E-state index is 0.00292. The van der Waals surface area contributed by atoms with Crippen LogP contribution < -0.4 is 10.1 Å². The molecule has 0 radical (unpaired) electrons. The van der Waals surface area contributed by atoms with Crippen molar-refractivity contribution in [3.63, 3.8) is 0 Å². The predicted molar refractivity (Wildman–Crippen MR) is 129 cm³/mol.